The molecule has 0 atom stereocenters. The highest BCUT2D eigenvalue weighted by molar-refractivity contribution is 5.30. The minimum Gasteiger partial charge on any atom is -0.0654 e. The fourth-order valence-electron chi connectivity index (χ4n) is 7.76. The van der Waals surface area contributed by atoms with E-state index in [1.54, 1.807) is 16.7 Å². The molecule has 0 aliphatic carbocycles. The molecule has 1 aromatic rings. The first kappa shape index (κ1) is 45.2. The van der Waals surface area contributed by atoms with Gasteiger partial charge >= 0.3 is 0 Å². The van der Waals surface area contributed by atoms with Gasteiger partial charge in [-0.15, -0.1) is 0 Å². The molecule has 0 aliphatic heterocycles. The molecule has 0 bridgehead atoms. The summed E-state index contributed by atoms with van der Waals surface area (Å²) in [4.78, 5) is 0. The molecule has 0 fully saturated rings. The van der Waals surface area contributed by atoms with E-state index in [1.165, 1.54) is 250 Å². The number of aryl methyl sites for hydroxylation is 3. The molecule has 1 rings (SSSR count). The fraction of sp³-hybridized carbons (Fsp3) is 0.875. The Hall–Kier alpha value is -0.780. The van der Waals surface area contributed by atoms with Crippen LogP contribution in [0, 0.1) is 0 Å². The highest BCUT2D eigenvalue weighted by Crippen LogP contribution is 2.20. The Balaban J connectivity index is 2.04. The molecule has 48 heavy (non-hydrogen) atoms. The smallest absolute Gasteiger partial charge is 0.0279 e. The maximum absolute atomic E-state index is 2.58. The van der Waals surface area contributed by atoms with Crippen molar-refractivity contribution >= 4 is 0 Å². The highest BCUT2D eigenvalue weighted by Gasteiger charge is 2.04. The summed E-state index contributed by atoms with van der Waals surface area (Å²) < 4.78 is 0. The van der Waals surface area contributed by atoms with E-state index >= 15 is 0 Å². The average Bonchev–Trinajstić information content (AvgIpc) is 3.10. The first-order chi connectivity index (χ1) is 23.8. The summed E-state index contributed by atoms with van der Waals surface area (Å²) in [6.07, 6.45) is 56.0. The molecule has 0 N–H and O–H groups in total. The molecule has 0 saturated heterocycles. The molecule has 0 saturated carbocycles. The van der Waals surface area contributed by atoms with Crippen molar-refractivity contribution in [2.24, 2.45) is 0 Å². The van der Waals surface area contributed by atoms with E-state index in [0.29, 0.717) is 0 Å². The van der Waals surface area contributed by atoms with Crippen LogP contribution in [0.5, 0.6) is 0 Å². The Kier molecular flexibility index (Phi) is 35.3. The van der Waals surface area contributed by atoms with E-state index < -0.39 is 0 Å². The SMILES string of the molecule is CCCCCCCCCCCCCCCCCCCc1cc(CCCC)cc(CCCCCCCCCCCCCCCCCCC)c1. The fourth-order valence-corrected chi connectivity index (χ4v) is 7.76. The summed E-state index contributed by atoms with van der Waals surface area (Å²) in [6, 6.07) is 7.69. The molecule has 0 spiro atoms. The number of hydrogen-bond donors (Lipinski definition) is 0. The topological polar surface area (TPSA) is 0 Å². The molecule has 0 amide bonds. The normalized spacial score (nSPS) is 11.6. The van der Waals surface area contributed by atoms with Crippen LogP contribution in [0.2, 0.25) is 0 Å². The first-order valence-corrected chi connectivity index (χ1v) is 22.9. The second kappa shape index (κ2) is 37.5. The molecule has 1 aromatic carbocycles. The quantitative estimate of drug-likeness (QED) is 0.0613. The number of hydrogen-bond acceptors (Lipinski definition) is 0. The zero-order valence-corrected chi connectivity index (χ0v) is 33.8. The van der Waals surface area contributed by atoms with Gasteiger partial charge in [0.05, 0.1) is 0 Å². The summed E-state index contributed by atoms with van der Waals surface area (Å²) in [5.41, 5.74) is 4.88. The monoisotopic (exact) mass is 667 g/mol. The minimum atomic E-state index is 1.27. The van der Waals surface area contributed by atoms with E-state index in [2.05, 4.69) is 39.0 Å². The van der Waals surface area contributed by atoms with Crippen molar-refractivity contribution < 1.29 is 0 Å². The van der Waals surface area contributed by atoms with Crippen molar-refractivity contribution in [2.45, 2.75) is 271 Å². The molecule has 282 valence electrons. The van der Waals surface area contributed by atoms with Crippen molar-refractivity contribution in [1.29, 1.82) is 0 Å². The standard InChI is InChI=1S/C48H90/c1-4-7-10-12-14-16-18-20-22-24-26-28-30-32-34-36-38-41-47-43-46(40-9-6-3)44-48(45-47)42-39-37-35-33-31-29-27-25-23-21-19-17-15-13-11-8-5-2/h43-45H,4-42H2,1-3H3. The van der Waals surface area contributed by atoms with Crippen LogP contribution in [-0.4, -0.2) is 0 Å². The lowest BCUT2D eigenvalue weighted by Gasteiger charge is -2.11. The summed E-state index contributed by atoms with van der Waals surface area (Å²) >= 11 is 0. The summed E-state index contributed by atoms with van der Waals surface area (Å²) in [5, 5.41) is 0. The number of unbranched alkanes of at least 4 members (excludes halogenated alkanes) is 33. The maximum atomic E-state index is 2.58. The van der Waals surface area contributed by atoms with Gasteiger partial charge in [-0.2, -0.15) is 0 Å². The van der Waals surface area contributed by atoms with Gasteiger partial charge in [-0.25, -0.2) is 0 Å². The Morgan fingerprint density at radius 3 is 0.583 bits per heavy atom. The van der Waals surface area contributed by atoms with Gasteiger partial charge in [0.25, 0.3) is 0 Å². The van der Waals surface area contributed by atoms with Crippen molar-refractivity contribution in [1.82, 2.24) is 0 Å². The second-order valence-electron chi connectivity index (χ2n) is 16.1. The van der Waals surface area contributed by atoms with Crippen LogP contribution >= 0.6 is 0 Å². The second-order valence-corrected chi connectivity index (χ2v) is 16.1. The molecule has 0 aromatic heterocycles. The lowest BCUT2D eigenvalue weighted by molar-refractivity contribution is 0.527. The molecule has 0 heterocycles. The number of rotatable bonds is 39. The van der Waals surface area contributed by atoms with Crippen LogP contribution in [-0.2, 0) is 19.3 Å². The summed E-state index contributed by atoms with van der Waals surface area (Å²) in [6.45, 7) is 6.96. The molecule has 0 aliphatic rings. The molecule has 0 nitrogen and oxygen atoms in total. The third kappa shape index (κ3) is 31.2. The predicted octanol–water partition coefficient (Wildman–Crippen LogP) is 17.4. The van der Waals surface area contributed by atoms with Gasteiger partial charge in [-0.3, -0.25) is 0 Å². The summed E-state index contributed by atoms with van der Waals surface area (Å²) in [7, 11) is 0. The highest BCUT2D eigenvalue weighted by atomic mass is 14.1. The molecule has 0 radical (unpaired) electrons. The average molecular weight is 667 g/mol. The van der Waals surface area contributed by atoms with Crippen LogP contribution in [0.25, 0.3) is 0 Å². The van der Waals surface area contributed by atoms with E-state index in [4.69, 9.17) is 0 Å². The third-order valence-electron chi connectivity index (χ3n) is 11.1. The van der Waals surface area contributed by atoms with E-state index in [9.17, 15) is 0 Å². The third-order valence-corrected chi connectivity index (χ3v) is 11.1. The van der Waals surface area contributed by atoms with Gasteiger partial charge in [-0.1, -0.05) is 251 Å². The van der Waals surface area contributed by atoms with Gasteiger partial charge in [0.1, 0.15) is 0 Å². The number of benzene rings is 1. The lowest BCUT2D eigenvalue weighted by atomic mass is 9.95. The Labute approximate surface area is 305 Å². The molecule has 0 heteroatoms. The van der Waals surface area contributed by atoms with E-state index in [0.717, 1.165) is 0 Å². The van der Waals surface area contributed by atoms with Crippen molar-refractivity contribution in [3.8, 4) is 0 Å². The van der Waals surface area contributed by atoms with Gasteiger partial charge in [0.2, 0.25) is 0 Å². The van der Waals surface area contributed by atoms with E-state index in [-0.39, 0.29) is 0 Å². The van der Waals surface area contributed by atoms with Crippen LogP contribution < -0.4 is 0 Å². The van der Waals surface area contributed by atoms with Crippen LogP contribution in [0.3, 0.4) is 0 Å². The van der Waals surface area contributed by atoms with Gasteiger partial charge < -0.3 is 0 Å². The van der Waals surface area contributed by atoms with Crippen LogP contribution in [0.1, 0.15) is 269 Å². The molecular formula is C48H90. The van der Waals surface area contributed by atoms with Crippen molar-refractivity contribution in [2.75, 3.05) is 0 Å². The predicted molar refractivity (Wildman–Crippen MR) is 221 cm³/mol. The summed E-state index contributed by atoms with van der Waals surface area (Å²) in [5.74, 6) is 0. The Bertz CT molecular complexity index is 690. The first-order valence-electron chi connectivity index (χ1n) is 22.9. The zero-order valence-electron chi connectivity index (χ0n) is 33.8. The Morgan fingerprint density at radius 1 is 0.208 bits per heavy atom. The van der Waals surface area contributed by atoms with Gasteiger partial charge in [-0.05, 0) is 55.2 Å². The Morgan fingerprint density at radius 2 is 0.375 bits per heavy atom. The van der Waals surface area contributed by atoms with Crippen LogP contribution in [0.15, 0.2) is 18.2 Å². The molecular weight excluding hydrogens is 577 g/mol. The zero-order chi connectivity index (χ0) is 34.4. The van der Waals surface area contributed by atoms with Gasteiger partial charge in [0, 0.05) is 0 Å². The van der Waals surface area contributed by atoms with Gasteiger partial charge in [0.15, 0.2) is 0 Å². The largest absolute Gasteiger partial charge is 0.0654 e. The molecule has 0 unspecified atom stereocenters. The lowest BCUT2D eigenvalue weighted by Crippen LogP contribution is -1.96. The van der Waals surface area contributed by atoms with E-state index in [1.807, 2.05) is 0 Å². The minimum absolute atomic E-state index is 1.27. The maximum Gasteiger partial charge on any atom is -0.0279 e. The van der Waals surface area contributed by atoms with Crippen molar-refractivity contribution in [3.63, 3.8) is 0 Å². The van der Waals surface area contributed by atoms with Crippen molar-refractivity contribution in [3.05, 3.63) is 34.9 Å². The van der Waals surface area contributed by atoms with Crippen LogP contribution in [0.4, 0.5) is 0 Å².